The van der Waals surface area contributed by atoms with Gasteiger partial charge >= 0.3 is 0 Å². The molecular formula is C12H16N4S. The van der Waals surface area contributed by atoms with E-state index in [0.29, 0.717) is 5.95 Å². The molecule has 3 N–H and O–H groups in total. The Hall–Kier alpha value is -1.46. The summed E-state index contributed by atoms with van der Waals surface area (Å²) in [6, 6.07) is 4.29. The van der Waals surface area contributed by atoms with Gasteiger partial charge in [-0.3, -0.25) is 0 Å². The summed E-state index contributed by atoms with van der Waals surface area (Å²) >= 11 is 1.69. The van der Waals surface area contributed by atoms with Crippen LogP contribution in [0.25, 0.3) is 10.4 Å². The summed E-state index contributed by atoms with van der Waals surface area (Å²) in [5.74, 6) is 0.658. The summed E-state index contributed by atoms with van der Waals surface area (Å²) in [6.45, 7) is 2.79. The fourth-order valence-corrected chi connectivity index (χ4v) is 2.10. The largest absolute Gasteiger partial charge is 0.354 e. The van der Waals surface area contributed by atoms with Crippen molar-refractivity contribution in [1.82, 2.24) is 9.97 Å². The summed E-state index contributed by atoms with van der Waals surface area (Å²) in [4.78, 5) is 9.74. The SMILES string of the molecule is CC(N)CCNc1ncc(-c2cccs2)cn1. The molecule has 0 spiro atoms. The van der Waals surface area contributed by atoms with Crippen molar-refractivity contribution >= 4 is 17.3 Å². The van der Waals surface area contributed by atoms with Gasteiger partial charge in [0.2, 0.25) is 5.95 Å². The van der Waals surface area contributed by atoms with Gasteiger partial charge in [0.05, 0.1) is 0 Å². The molecule has 0 radical (unpaired) electrons. The van der Waals surface area contributed by atoms with Crippen molar-refractivity contribution in [1.29, 1.82) is 0 Å². The van der Waals surface area contributed by atoms with Crippen LogP contribution in [-0.2, 0) is 0 Å². The number of aromatic nitrogens is 2. The van der Waals surface area contributed by atoms with Crippen LogP contribution in [0.3, 0.4) is 0 Å². The molecule has 2 heterocycles. The highest BCUT2D eigenvalue weighted by Gasteiger charge is 2.01. The first-order chi connectivity index (χ1) is 8.25. The van der Waals surface area contributed by atoms with Gasteiger partial charge < -0.3 is 11.1 Å². The molecule has 0 fully saturated rings. The molecule has 2 aromatic rings. The van der Waals surface area contributed by atoms with Crippen molar-refractivity contribution in [3.05, 3.63) is 29.9 Å². The molecule has 0 aliphatic heterocycles. The van der Waals surface area contributed by atoms with Crippen LogP contribution in [0.1, 0.15) is 13.3 Å². The first kappa shape index (κ1) is 12.0. The van der Waals surface area contributed by atoms with Crippen LogP contribution >= 0.6 is 11.3 Å². The highest BCUT2D eigenvalue weighted by molar-refractivity contribution is 7.13. The highest BCUT2D eigenvalue weighted by Crippen LogP contribution is 2.23. The molecular weight excluding hydrogens is 232 g/mol. The number of nitrogens with two attached hydrogens (primary N) is 1. The quantitative estimate of drug-likeness (QED) is 0.852. The lowest BCUT2D eigenvalue weighted by Gasteiger charge is -2.06. The molecule has 2 rings (SSSR count). The maximum atomic E-state index is 5.67. The fraction of sp³-hybridized carbons (Fsp3) is 0.333. The third-order valence-corrected chi connectivity index (χ3v) is 3.26. The van der Waals surface area contributed by atoms with Gasteiger partial charge in [-0.1, -0.05) is 6.07 Å². The minimum Gasteiger partial charge on any atom is -0.354 e. The molecule has 1 unspecified atom stereocenters. The van der Waals surface area contributed by atoms with Gasteiger partial charge in [0.15, 0.2) is 0 Å². The molecule has 0 amide bonds. The third-order valence-electron chi connectivity index (χ3n) is 2.34. The summed E-state index contributed by atoms with van der Waals surface area (Å²) in [5, 5.41) is 5.20. The van der Waals surface area contributed by atoms with E-state index >= 15 is 0 Å². The lowest BCUT2D eigenvalue weighted by atomic mass is 10.2. The Morgan fingerprint density at radius 3 is 2.76 bits per heavy atom. The number of anilines is 1. The Morgan fingerprint density at radius 2 is 2.18 bits per heavy atom. The predicted molar refractivity (Wildman–Crippen MR) is 72.1 cm³/mol. The topological polar surface area (TPSA) is 63.8 Å². The number of thiophene rings is 1. The Bertz CT molecular complexity index is 436. The summed E-state index contributed by atoms with van der Waals surface area (Å²) in [5.41, 5.74) is 6.72. The average Bonchev–Trinajstić information content (AvgIpc) is 2.83. The summed E-state index contributed by atoms with van der Waals surface area (Å²) in [7, 11) is 0. The van der Waals surface area contributed by atoms with Crippen molar-refractivity contribution in [2.45, 2.75) is 19.4 Å². The molecule has 90 valence electrons. The van der Waals surface area contributed by atoms with E-state index < -0.39 is 0 Å². The lowest BCUT2D eigenvalue weighted by molar-refractivity contribution is 0.688. The number of nitrogens with zero attached hydrogens (tertiary/aromatic N) is 2. The smallest absolute Gasteiger partial charge is 0.222 e. The molecule has 17 heavy (non-hydrogen) atoms. The molecule has 0 saturated carbocycles. The number of hydrogen-bond donors (Lipinski definition) is 2. The van der Waals surface area contributed by atoms with Crippen LogP contribution in [0.4, 0.5) is 5.95 Å². The second kappa shape index (κ2) is 5.75. The van der Waals surface area contributed by atoms with Crippen molar-refractivity contribution in [2.75, 3.05) is 11.9 Å². The molecule has 0 aliphatic rings. The summed E-state index contributed by atoms with van der Waals surface area (Å²) < 4.78 is 0. The van der Waals surface area contributed by atoms with Crippen LogP contribution < -0.4 is 11.1 Å². The van der Waals surface area contributed by atoms with Gasteiger partial charge in [-0.15, -0.1) is 11.3 Å². The maximum Gasteiger partial charge on any atom is 0.222 e. The van der Waals surface area contributed by atoms with Gasteiger partial charge in [-0.25, -0.2) is 9.97 Å². The normalized spacial score (nSPS) is 12.4. The average molecular weight is 248 g/mol. The van der Waals surface area contributed by atoms with Crippen LogP contribution in [0, 0.1) is 0 Å². The Labute approximate surface area is 105 Å². The van der Waals surface area contributed by atoms with Crippen molar-refractivity contribution < 1.29 is 0 Å². The zero-order valence-electron chi connectivity index (χ0n) is 9.76. The van der Waals surface area contributed by atoms with Gasteiger partial charge in [-0.05, 0) is 24.8 Å². The van der Waals surface area contributed by atoms with E-state index in [4.69, 9.17) is 5.73 Å². The molecule has 0 aromatic carbocycles. The number of nitrogens with one attached hydrogen (secondary N) is 1. The first-order valence-electron chi connectivity index (χ1n) is 5.61. The standard InChI is InChI=1S/C12H16N4S/c1-9(13)4-5-14-12-15-7-10(8-16-12)11-3-2-6-17-11/h2-3,6-9H,4-5,13H2,1H3,(H,14,15,16). The molecule has 0 aliphatic carbocycles. The molecule has 1 atom stereocenters. The monoisotopic (exact) mass is 248 g/mol. The second-order valence-electron chi connectivity index (χ2n) is 3.97. The minimum atomic E-state index is 0.202. The highest BCUT2D eigenvalue weighted by atomic mass is 32.1. The van der Waals surface area contributed by atoms with Crippen LogP contribution in [-0.4, -0.2) is 22.6 Å². The van der Waals surface area contributed by atoms with Crippen molar-refractivity contribution in [3.63, 3.8) is 0 Å². The van der Waals surface area contributed by atoms with Crippen molar-refractivity contribution in [2.24, 2.45) is 5.73 Å². The van der Waals surface area contributed by atoms with E-state index in [2.05, 4.69) is 21.4 Å². The number of rotatable bonds is 5. The Balaban J connectivity index is 1.94. The van der Waals surface area contributed by atoms with E-state index in [9.17, 15) is 0 Å². The van der Waals surface area contributed by atoms with Crippen LogP contribution in [0.2, 0.25) is 0 Å². The van der Waals surface area contributed by atoms with Crippen LogP contribution in [0.5, 0.6) is 0 Å². The first-order valence-corrected chi connectivity index (χ1v) is 6.49. The molecule has 2 aromatic heterocycles. The van der Waals surface area contributed by atoms with Gasteiger partial charge in [-0.2, -0.15) is 0 Å². The van der Waals surface area contributed by atoms with Gasteiger partial charge in [0.1, 0.15) is 0 Å². The molecule has 0 saturated heterocycles. The molecule has 0 bridgehead atoms. The third kappa shape index (κ3) is 3.51. The van der Waals surface area contributed by atoms with Gasteiger partial charge in [0.25, 0.3) is 0 Å². The predicted octanol–water partition coefficient (Wildman–Crippen LogP) is 2.35. The summed E-state index contributed by atoms with van der Waals surface area (Å²) in [6.07, 6.45) is 4.59. The lowest BCUT2D eigenvalue weighted by Crippen LogP contribution is -2.19. The van der Waals surface area contributed by atoms with E-state index in [-0.39, 0.29) is 6.04 Å². The zero-order valence-corrected chi connectivity index (χ0v) is 10.6. The minimum absolute atomic E-state index is 0.202. The zero-order chi connectivity index (χ0) is 12.1. The van der Waals surface area contributed by atoms with Gasteiger partial charge in [0, 0.05) is 35.4 Å². The maximum absolute atomic E-state index is 5.67. The fourth-order valence-electron chi connectivity index (χ4n) is 1.40. The van der Waals surface area contributed by atoms with Crippen LogP contribution in [0.15, 0.2) is 29.9 Å². The Kier molecular flexibility index (Phi) is 4.06. The van der Waals surface area contributed by atoms with Crippen molar-refractivity contribution in [3.8, 4) is 10.4 Å². The van der Waals surface area contributed by atoms with E-state index in [0.717, 1.165) is 18.5 Å². The van der Waals surface area contributed by atoms with E-state index in [1.165, 1.54) is 4.88 Å². The second-order valence-corrected chi connectivity index (χ2v) is 4.91. The van der Waals surface area contributed by atoms with E-state index in [1.54, 1.807) is 11.3 Å². The molecule has 4 nitrogen and oxygen atoms in total. The van der Waals surface area contributed by atoms with E-state index in [1.807, 2.05) is 30.8 Å². The number of hydrogen-bond acceptors (Lipinski definition) is 5. The molecule has 5 heteroatoms. The Morgan fingerprint density at radius 1 is 1.41 bits per heavy atom.